The molecule has 0 spiro atoms. The molecule has 0 atom stereocenters. The molecule has 0 radical (unpaired) electrons. The van der Waals surface area contributed by atoms with Crippen LogP contribution in [0.2, 0.25) is 0 Å². The topological polar surface area (TPSA) is 63.8 Å². The molecule has 0 aliphatic heterocycles. The molecule has 0 unspecified atom stereocenters. The van der Waals surface area contributed by atoms with E-state index in [1.54, 1.807) is 11.3 Å². The molecule has 3 rings (SSSR count). The fraction of sp³-hybridized carbons (Fsp3) is 0.429. The zero-order valence-corrected chi connectivity index (χ0v) is 13.8. The third kappa shape index (κ3) is 2.60. The van der Waals surface area contributed by atoms with E-state index in [0.717, 1.165) is 39.5 Å². The van der Waals surface area contributed by atoms with Gasteiger partial charge in [-0.25, -0.2) is 15.8 Å². The van der Waals surface area contributed by atoms with Gasteiger partial charge >= 0.3 is 0 Å². The van der Waals surface area contributed by atoms with E-state index >= 15 is 0 Å². The highest BCUT2D eigenvalue weighted by molar-refractivity contribution is 9.10. The highest BCUT2D eigenvalue weighted by atomic mass is 79.9. The third-order valence-corrected chi connectivity index (χ3v) is 5.78. The maximum Gasteiger partial charge on any atom is 0.171 e. The van der Waals surface area contributed by atoms with Gasteiger partial charge < -0.3 is 5.43 Å². The van der Waals surface area contributed by atoms with Crippen LogP contribution in [0.25, 0.3) is 10.7 Å². The zero-order valence-electron chi connectivity index (χ0n) is 11.4. The minimum atomic E-state index is 0.775. The number of fused-ring (bicyclic) bond motifs is 1. The van der Waals surface area contributed by atoms with Gasteiger partial charge in [-0.3, -0.25) is 0 Å². The molecule has 0 saturated heterocycles. The third-order valence-electron chi connectivity index (χ3n) is 3.65. The number of hydrazine groups is 1. The van der Waals surface area contributed by atoms with E-state index in [4.69, 9.17) is 10.8 Å². The van der Waals surface area contributed by atoms with Crippen LogP contribution in [-0.2, 0) is 12.8 Å². The Kier molecular flexibility index (Phi) is 4.05. The van der Waals surface area contributed by atoms with Crippen molar-refractivity contribution >= 4 is 33.1 Å². The number of anilines is 1. The predicted molar refractivity (Wildman–Crippen MR) is 86.9 cm³/mol. The molecular formula is C14H17BrN4S. The summed E-state index contributed by atoms with van der Waals surface area (Å²) in [6.45, 7) is 2.09. The molecule has 1 aliphatic carbocycles. The molecule has 106 valence electrons. The van der Waals surface area contributed by atoms with Crippen LogP contribution < -0.4 is 11.3 Å². The number of hydrogen-bond donors (Lipinski definition) is 2. The lowest BCUT2D eigenvalue weighted by Crippen LogP contribution is -2.14. The molecular weight excluding hydrogens is 336 g/mol. The molecule has 2 heterocycles. The summed E-state index contributed by atoms with van der Waals surface area (Å²) in [5.41, 5.74) is 5.11. The largest absolute Gasteiger partial charge is 0.308 e. The van der Waals surface area contributed by atoms with Crippen molar-refractivity contribution in [3.63, 3.8) is 0 Å². The molecule has 0 fully saturated rings. The normalized spacial score (nSPS) is 14.8. The van der Waals surface area contributed by atoms with E-state index in [1.165, 1.54) is 29.7 Å². The van der Waals surface area contributed by atoms with Crippen LogP contribution in [0.5, 0.6) is 0 Å². The number of thiophene rings is 1. The van der Waals surface area contributed by atoms with Crippen molar-refractivity contribution in [1.29, 1.82) is 0 Å². The summed E-state index contributed by atoms with van der Waals surface area (Å²) in [7, 11) is 0. The molecule has 2 aromatic rings. The lowest BCUT2D eigenvalue weighted by atomic mass is 10.1. The van der Waals surface area contributed by atoms with Gasteiger partial charge in [0.15, 0.2) is 5.82 Å². The number of nitrogens with two attached hydrogens (primary N) is 1. The summed E-state index contributed by atoms with van der Waals surface area (Å²) < 4.78 is 1.11. The molecule has 3 N–H and O–H groups in total. The first kappa shape index (κ1) is 14.0. The van der Waals surface area contributed by atoms with Crippen molar-refractivity contribution in [2.24, 2.45) is 5.84 Å². The van der Waals surface area contributed by atoms with Crippen molar-refractivity contribution in [3.05, 3.63) is 26.7 Å². The molecule has 0 amide bonds. The first-order valence-electron chi connectivity index (χ1n) is 6.81. The van der Waals surface area contributed by atoms with Crippen LogP contribution in [0.1, 0.15) is 35.4 Å². The Morgan fingerprint density at radius 1 is 1.25 bits per heavy atom. The number of hydrogen-bond acceptors (Lipinski definition) is 5. The van der Waals surface area contributed by atoms with E-state index < -0.39 is 0 Å². The maximum atomic E-state index is 5.66. The molecule has 20 heavy (non-hydrogen) atoms. The maximum absolute atomic E-state index is 5.66. The van der Waals surface area contributed by atoms with Crippen LogP contribution in [0, 0.1) is 6.92 Å². The van der Waals surface area contributed by atoms with Crippen LogP contribution in [0.4, 0.5) is 5.82 Å². The predicted octanol–water partition coefficient (Wildman–Crippen LogP) is 3.83. The SMILES string of the molecule is Cc1sc(-c2nc3c(c(NN)n2)CCCCC3)cc1Br. The minimum absolute atomic E-state index is 0.775. The Balaban J connectivity index is 2.10. The van der Waals surface area contributed by atoms with Gasteiger partial charge in [-0.05, 0) is 54.6 Å². The van der Waals surface area contributed by atoms with Crippen molar-refractivity contribution in [1.82, 2.24) is 9.97 Å². The fourth-order valence-corrected chi connectivity index (χ4v) is 4.04. The van der Waals surface area contributed by atoms with Crippen LogP contribution in [0.15, 0.2) is 10.5 Å². The average Bonchev–Trinajstić information content (AvgIpc) is 2.67. The van der Waals surface area contributed by atoms with Gasteiger partial charge in [0, 0.05) is 20.6 Å². The van der Waals surface area contributed by atoms with Gasteiger partial charge in [0.1, 0.15) is 5.82 Å². The summed E-state index contributed by atoms with van der Waals surface area (Å²) in [5.74, 6) is 7.22. The second-order valence-corrected chi connectivity index (χ2v) is 7.15. The fourth-order valence-electron chi connectivity index (χ4n) is 2.57. The molecule has 0 saturated carbocycles. The monoisotopic (exact) mass is 352 g/mol. The Hall–Kier alpha value is -0.980. The summed E-state index contributed by atoms with van der Waals surface area (Å²) in [4.78, 5) is 11.7. The molecule has 4 nitrogen and oxygen atoms in total. The number of aryl methyl sites for hydroxylation is 2. The van der Waals surface area contributed by atoms with Crippen molar-refractivity contribution in [2.75, 3.05) is 5.43 Å². The Bertz CT molecular complexity index is 619. The van der Waals surface area contributed by atoms with Gasteiger partial charge in [0.25, 0.3) is 0 Å². The van der Waals surface area contributed by atoms with E-state index in [-0.39, 0.29) is 0 Å². The van der Waals surface area contributed by atoms with Crippen molar-refractivity contribution in [3.8, 4) is 10.7 Å². The first-order valence-corrected chi connectivity index (χ1v) is 8.42. The van der Waals surface area contributed by atoms with E-state index in [1.807, 2.05) is 0 Å². The first-order chi connectivity index (χ1) is 9.69. The van der Waals surface area contributed by atoms with Crippen LogP contribution >= 0.6 is 27.3 Å². The van der Waals surface area contributed by atoms with Gasteiger partial charge in [-0.15, -0.1) is 11.3 Å². The number of nitrogens with zero attached hydrogens (tertiary/aromatic N) is 2. The second-order valence-electron chi connectivity index (χ2n) is 5.04. The molecule has 0 aromatic carbocycles. The summed E-state index contributed by atoms with van der Waals surface area (Å²) in [5, 5.41) is 0. The molecule has 1 aliphatic rings. The van der Waals surface area contributed by atoms with E-state index in [2.05, 4.69) is 39.3 Å². The molecule has 0 bridgehead atoms. The summed E-state index contributed by atoms with van der Waals surface area (Å²) >= 11 is 5.25. The van der Waals surface area contributed by atoms with Crippen LogP contribution in [0.3, 0.4) is 0 Å². The number of halogens is 1. The smallest absolute Gasteiger partial charge is 0.171 e. The Labute approximate surface area is 130 Å². The molecule has 6 heteroatoms. The Morgan fingerprint density at radius 3 is 2.75 bits per heavy atom. The second kappa shape index (κ2) is 5.79. The number of nitrogens with one attached hydrogen (secondary N) is 1. The van der Waals surface area contributed by atoms with Gasteiger partial charge in [0.2, 0.25) is 0 Å². The highest BCUT2D eigenvalue weighted by Gasteiger charge is 2.18. The van der Waals surface area contributed by atoms with Gasteiger partial charge in [-0.2, -0.15) is 0 Å². The quantitative estimate of drug-likeness (QED) is 0.489. The minimum Gasteiger partial charge on any atom is -0.308 e. The summed E-state index contributed by atoms with van der Waals surface area (Å²) in [6.07, 6.45) is 5.67. The zero-order chi connectivity index (χ0) is 14.1. The van der Waals surface area contributed by atoms with Crippen LogP contribution in [-0.4, -0.2) is 9.97 Å². The Morgan fingerprint density at radius 2 is 2.05 bits per heavy atom. The van der Waals surface area contributed by atoms with Crippen molar-refractivity contribution in [2.45, 2.75) is 39.0 Å². The van der Waals surface area contributed by atoms with E-state index in [0.29, 0.717) is 0 Å². The van der Waals surface area contributed by atoms with E-state index in [9.17, 15) is 0 Å². The van der Waals surface area contributed by atoms with Gasteiger partial charge in [-0.1, -0.05) is 6.42 Å². The summed E-state index contributed by atoms with van der Waals surface area (Å²) in [6, 6.07) is 2.08. The number of nitrogen functional groups attached to an aromatic ring is 1. The average molecular weight is 353 g/mol. The number of aromatic nitrogens is 2. The molecule has 2 aromatic heterocycles. The lowest BCUT2D eigenvalue weighted by Gasteiger charge is -2.11. The lowest BCUT2D eigenvalue weighted by molar-refractivity contribution is 0.709. The van der Waals surface area contributed by atoms with Crippen molar-refractivity contribution < 1.29 is 0 Å². The number of rotatable bonds is 2. The standard InChI is InChI=1S/C14H17BrN4S/c1-8-10(15)7-12(20-8)14-17-11-6-4-2-3-5-9(11)13(18-14)19-16/h7H,2-6,16H2,1H3,(H,17,18,19). The van der Waals surface area contributed by atoms with Gasteiger partial charge in [0.05, 0.1) is 4.88 Å². The highest BCUT2D eigenvalue weighted by Crippen LogP contribution is 2.34.